The molecule has 0 saturated heterocycles. The van der Waals surface area contributed by atoms with Gasteiger partial charge < -0.3 is 9.79 Å². The van der Waals surface area contributed by atoms with E-state index in [0.29, 0.717) is 11.3 Å². The highest BCUT2D eigenvalue weighted by Gasteiger charge is 2.19. The number of thiazole rings is 1. The zero-order chi connectivity index (χ0) is 13.2. The van der Waals surface area contributed by atoms with Crippen LogP contribution in [0, 0.1) is 0 Å². The van der Waals surface area contributed by atoms with E-state index in [0.717, 1.165) is 5.56 Å². The highest BCUT2D eigenvalue weighted by molar-refractivity contribution is 7.53. The summed E-state index contributed by atoms with van der Waals surface area (Å²) in [6.07, 6.45) is 0.521. The topological polar surface area (TPSA) is 82.5 Å². The van der Waals surface area contributed by atoms with Gasteiger partial charge in [0.15, 0.2) is 10.3 Å². The van der Waals surface area contributed by atoms with E-state index in [4.69, 9.17) is 21.4 Å². The first kappa shape index (κ1) is 13.5. The SMILES string of the molecule is O=P(O)(O)Nc1nc(Cl)sc1Cc1ccccc1. The predicted octanol–water partition coefficient (Wildman–Crippen LogP) is 2.89. The second-order valence-corrected chi connectivity index (χ2v) is 6.53. The minimum atomic E-state index is -4.37. The molecule has 0 radical (unpaired) electrons. The second-order valence-electron chi connectivity index (χ2n) is 3.56. The molecule has 0 spiro atoms. The lowest BCUT2D eigenvalue weighted by atomic mass is 10.1. The van der Waals surface area contributed by atoms with Crippen LogP contribution in [-0.2, 0) is 11.0 Å². The molecule has 2 aromatic rings. The fraction of sp³-hybridized carbons (Fsp3) is 0.100. The molecule has 1 aromatic heterocycles. The van der Waals surface area contributed by atoms with Crippen LogP contribution in [0.25, 0.3) is 0 Å². The van der Waals surface area contributed by atoms with E-state index in [9.17, 15) is 4.57 Å². The third-order valence-electron chi connectivity index (χ3n) is 2.13. The van der Waals surface area contributed by atoms with Crippen LogP contribution in [0.1, 0.15) is 10.4 Å². The summed E-state index contributed by atoms with van der Waals surface area (Å²) in [5.41, 5.74) is 1.02. The van der Waals surface area contributed by atoms with Crippen LogP contribution in [0.3, 0.4) is 0 Å². The van der Waals surface area contributed by atoms with Crippen molar-refractivity contribution in [2.24, 2.45) is 0 Å². The normalized spacial score (nSPS) is 11.5. The van der Waals surface area contributed by atoms with Crippen LogP contribution in [0.4, 0.5) is 5.82 Å². The summed E-state index contributed by atoms with van der Waals surface area (Å²) >= 11 is 6.97. The molecule has 2 rings (SSSR count). The third kappa shape index (κ3) is 3.80. The maximum Gasteiger partial charge on any atom is 0.428 e. The van der Waals surface area contributed by atoms with E-state index in [1.165, 1.54) is 11.3 Å². The Balaban J connectivity index is 2.25. The van der Waals surface area contributed by atoms with Crippen LogP contribution in [0.15, 0.2) is 30.3 Å². The largest absolute Gasteiger partial charge is 0.428 e. The first-order chi connectivity index (χ1) is 8.44. The lowest BCUT2D eigenvalue weighted by molar-refractivity contribution is 0.380. The second kappa shape index (κ2) is 5.38. The molecule has 0 saturated carbocycles. The Morgan fingerprint density at radius 1 is 1.33 bits per heavy atom. The van der Waals surface area contributed by atoms with Gasteiger partial charge in [0.1, 0.15) is 0 Å². The van der Waals surface area contributed by atoms with E-state index in [2.05, 4.69) is 10.1 Å². The van der Waals surface area contributed by atoms with Crippen molar-refractivity contribution in [1.82, 2.24) is 4.98 Å². The fourth-order valence-corrected chi connectivity index (χ4v) is 3.12. The number of hydrogen-bond donors (Lipinski definition) is 3. The summed E-state index contributed by atoms with van der Waals surface area (Å²) in [6, 6.07) is 9.55. The molecular weight excluding hydrogens is 295 g/mol. The molecule has 1 heterocycles. The van der Waals surface area contributed by atoms with Crippen LogP contribution in [0.5, 0.6) is 0 Å². The Morgan fingerprint density at radius 2 is 2.00 bits per heavy atom. The van der Waals surface area contributed by atoms with Crippen molar-refractivity contribution >= 4 is 36.5 Å². The van der Waals surface area contributed by atoms with E-state index >= 15 is 0 Å². The first-order valence-electron chi connectivity index (χ1n) is 4.97. The molecule has 0 aliphatic carbocycles. The van der Waals surface area contributed by atoms with Crippen molar-refractivity contribution in [1.29, 1.82) is 0 Å². The van der Waals surface area contributed by atoms with Gasteiger partial charge >= 0.3 is 7.75 Å². The van der Waals surface area contributed by atoms with Crippen molar-refractivity contribution in [3.8, 4) is 0 Å². The van der Waals surface area contributed by atoms with Crippen molar-refractivity contribution in [2.45, 2.75) is 6.42 Å². The van der Waals surface area contributed by atoms with Gasteiger partial charge in [-0.2, -0.15) is 0 Å². The molecule has 5 nitrogen and oxygen atoms in total. The van der Waals surface area contributed by atoms with Gasteiger partial charge in [-0.05, 0) is 5.56 Å². The zero-order valence-electron chi connectivity index (χ0n) is 9.08. The summed E-state index contributed by atoms with van der Waals surface area (Å²) in [6.45, 7) is 0. The molecular formula is C10H10ClN2O3PS. The van der Waals surface area contributed by atoms with Gasteiger partial charge in [-0.25, -0.2) is 9.55 Å². The molecule has 0 aliphatic heterocycles. The summed E-state index contributed by atoms with van der Waals surface area (Å²) in [4.78, 5) is 22.3. The number of nitrogens with one attached hydrogen (secondary N) is 1. The Labute approximate surface area is 113 Å². The molecule has 0 atom stereocenters. The fourth-order valence-electron chi connectivity index (χ4n) is 1.45. The van der Waals surface area contributed by atoms with Gasteiger partial charge in [-0.3, -0.25) is 5.09 Å². The molecule has 0 bridgehead atoms. The average molecular weight is 305 g/mol. The summed E-state index contributed by atoms with van der Waals surface area (Å²) < 4.78 is 11.2. The van der Waals surface area contributed by atoms with Crippen molar-refractivity contribution < 1.29 is 14.4 Å². The average Bonchev–Trinajstić information content (AvgIpc) is 2.57. The molecule has 18 heavy (non-hydrogen) atoms. The van der Waals surface area contributed by atoms with Gasteiger partial charge in [-0.15, -0.1) is 11.3 Å². The Hall–Kier alpha value is -0.910. The maximum absolute atomic E-state index is 10.9. The van der Waals surface area contributed by atoms with E-state index < -0.39 is 7.75 Å². The molecule has 0 amide bonds. The Kier molecular flexibility index (Phi) is 4.04. The minimum Gasteiger partial charge on any atom is -0.308 e. The first-order valence-corrected chi connectivity index (χ1v) is 7.78. The van der Waals surface area contributed by atoms with E-state index in [1.54, 1.807) is 0 Å². The summed E-state index contributed by atoms with van der Waals surface area (Å²) in [5.74, 6) is 0.141. The van der Waals surface area contributed by atoms with Gasteiger partial charge in [0.2, 0.25) is 0 Å². The van der Waals surface area contributed by atoms with E-state index in [-0.39, 0.29) is 10.3 Å². The molecule has 96 valence electrons. The summed E-state index contributed by atoms with van der Waals surface area (Å²) in [7, 11) is -4.37. The molecule has 0 aliphatic rings. The lowest BCUT2D eigenvalue weighted by Gasteiger charge is -2.07. The number of rotatable bonds is 4. The van der Waals surface area contributed by atoms with Gasteiger partial charge in [0.25, 0.3) is 0 Å². The number of anilines is 1. The number of aromatic nitrogens is 1. The molecule has 0 unspecified atom stereocenters. The molecule has 8 heteroatoms. The van der Waals surface area contributed by atoms with Gasteiger partial charge in [-0.1, -0.05) is 41.9 Å². The number of benzene rings is 1. The Bertz CT molecular complexity index is 584. The number of hydrogen-bond acceptors (Lipinski definition) is 3. The molecule has 1 aromatic carbocycles. The highest BCUT2D eigenvalue weighted by atomic mass is 35.5. The van der Waals surface area contributed by atoms with Gasteiger partial charge in [0.05, 0.1) is 4.88 Å². The van der Waals surface area contributed by atoms with E-state index in [1.807, 2.05) is 30.3 Å². The van der Waals surface area contributed by atoms with Crippen LogP contribution in [-0.4, -0.2) is 14.8 Å². The minimum absolute atomic E-state index is 0.141. The predicted molar refractivity (Wildman–Crippen MR) is 72.0 cm³/mol. The number of nitrogens with zero attached hydrogens (tertiary/aromatic N) is 1. The Morgan fingerprint density at radius 3 is 2.61 bits per heavy atom. The van der Waals surface area contributed by atoms with Crippen LogP contribution < -0.4 is 5.09 Å². The zero-order valence-corrected chi connectivity index (χ0v) is 11.5. The lowest BCUT2D eigenvalue weighted by Crippen LogP contribution is -1.98. The maximum atomic E-state index is 10.9. The molecule has 0 fully saturated rings. The third-order valence-corrected chi connectivity index (χ3v) is 3.79. The number of halogens is 1. The monoisotopic (exact) mass is 304 g/mol. The van der Waals surface area contributed by atoms with Crippen LogP contribution >= 0.6 is 30.7 Å². The van der Waals surface area contributed by atoms with Crippen LogP contribution in [0.2, 0.25) is 4.47 Å². The van der Waals surface area contributed by atoms with Gasteiger partial charge in [0, 0.05) is 6.42 Å². The molecule has 3 N–H and O–H groups in total. The highest BCUT2D eigenvalue weighted by Crippen LogP contribution is 2.39. The van der Waals surface area contributed by atoms with Crippen molar-refractivity contribution in [2.75, 3.05) is 5.09 Å². The quantitative estimate of drug-likeness (QED) is 0.757. The summed E-state index contributed by atoms with van der Waals surface area (Å²) in [5, 5.41) is 2.07. The standard InChI is InChI=1S/C10H10ClN2O3PS/c11-10-12-9(13-17(14,15)16)8(18-10)6-7-4-2-1-3-5-7/h1-5H,6H2,(H3,13,14,15,16). The van der Waals surface area contributed by atoms with Crippen molar-refractivity contribution in [3.05, 3.63) is 45.2 Å². The smallest absolute Gasteiger partial charge is 0.308 e. The van der Waals surface area contributed by atoms with Crippen molar-refractivity contribution in [3.63, 3.8) is 0 Å².